The SMILES string of the molecule is Cc1cccc(NC(=O)CSCC(=O)Nc2c(C)cc(C)cc2C)c1. The van der Waals surface area contributed by atoms with E-state index in [4.69, 9.17) is 0 Å². The molecule has 0 spiro atoms. The van der Waals surface area contributed by atoms with Gasteiger partial charge in [-0.15, -0.1) is 11.8 Å². The van der Waals surface area contributed by atoms with E-state index in [-0.39, 0.29) is 23.3 Å². The second-order valence-corrected chi connectivity index (χ2v) is 7.22. The molecule has 0 saturated carbocycles. The lowest BCUT2D eigenvalue weighted by atomic mass is 10.1. The van der Waals surface area contributed by atoms with Gasteiger partial charge in [0.2, 0.25) is 11.8 Å². The molecule has 0 aliphatic heterocycles. The molecule has 0 bridgehead atoms. The van der Waals surface area contributed by atoms with Crippen LogP contribution in [0.2, 0.25) is 0 Å². The molecular weight excluding hydrogens is 332 g/mol. The van der Waals surface area contributed by atoms with Crippen molar-refractivity contribution in [3.05, 3.63) is 58.7 Å². The summed E-state index contributed by atoms with van der Waals surface area (Å²) in [4.78, 5) is 24.1. The van der Waals surface area contributed by atoms with E-state index in [0.717, 1.165) is 28.1 Å². The zero-order valence-electron chi connectivity index (χ0n) is 15.1. The van der Waals surface area contributed by atoms with Gasteiger partial charge in [0.15, 0.2) is 0 Å². The summed E-state index contributed by atoms with van der Waals surface area (Å²) >= 11 is 1.30. The Morgan fingerprint density at radius 2 is 1.44 bits per heavy atom. The van der Waals surface area contributed by atoms with E-state index in [1.165, 1.54) is 17.3 Å². The van der Waals surface area contributed by atoms with Crippen LogP contribution in [-0.4, -0.2) is 23.3 Å². The summed E-state index contributed by atoms with van der Waals surface area (Å²) in [6, 6.07) is 11.7. The summed E-state index contributed by atoms with van der Waals surface area (Å²) in [6.45, 7) is 7.98. The van der Waals surface area contributed by atoms with Crippen LogP contribution in [0.5, 0.6) is 0 Å². The van der Waals surface area contributed by atoms with Crippen molar-refractivity contribution in [2.45, 2.75) is 27.7 Å². The molecular formula is C20H24N2O2S. The molecule has 0 atom stereocenters. The molecule has 25 heavy (non-hydrogen) atoms. The normalized spacial score (nSPS) is 10.4. The third-order valence-electron chi connectivity index (χ3n) is 3.71. The van der Waals surface area contributed by atoms with E-state index in [1.54, 1.807) is 0 Å². The highest BCUT2D eigenvalue weighted by atomic mass is 32.2. The molecule has 2 N–H and O–H groups in total. The summed E-state index contributed by atoms with van der Waals surface area (Å²) in [5.74, 6) is 0.288. The van der Waals surface area contributed by atoms with Crippen molar-refractivity contribution >= 4 is 35.0 Å². The van der Waals surface area contributed by atoms with Gasteiger partial charge in [-0.05, 0) is 56.5 Å². The van der Waals surface area contributed by atoms with Crippen LogP contribution in [0.4, 0.5) is 11.4 Å². The number of aryl methyl sites for hydroxylation is 4. The number of thioether (sulfide) groups is 1. The summed E-state index contributed by atoms with van der Waals surface area (Å²) in [5.41, 5.74) is 6.01. The van der Waals surface area contributed by atoms with Crippen molar-refractivity contribution < 1.29 is 9.59 Å². The van der Waals surface area contributed by atoms with E-state index in [2.05, 4.69) is 10.6 Å². The van der Waals surface area contributed by atoms with Gasteiger partial charge in [0.1, 0.15) is 0 Å². The average Bonchev–Trinajstić information content (AvgIpc) is 2.51. The minimum atomic E-state index is -0.105. The lowest BCUT2D eigenvalue weighted by Gasteiger charge is -2.12. The van der Waals surface area contributed by atoms with E-state index in [0.29, 0.717) is 0 Å². The molecule has 2 aromatic rings. The first-order valence-electron chi connectivity index (χ1n) is 8.17. The fourth-order valence-corrected chi connectivity index (χ4v) is 3.33. The first kappa shape index (κ1) is 19.1. The summed E-state index contributed by atoms with van der Waals surface area (Å²) < 4.78 is 0. The van der Waals surface area contributed by atoms with Crippen molar-refractivity contribution in [3.63, 3.8) is 0 Å². The number of anilines is 2. The minimum absolute atomic E-state index is 0.0941. The molecule has 2 amide bonds. The monoisotopic (exact) mass is 356 g/mol. The number of benzene rings is 2. The van der Waals surface area contributed by atoms with Gasteiger partial charge in [0, 0.05) is 11.4 Å². The maximum Gasteiger partial charge on any atom is 0.234 e. The van der Waals surface area contributed by atoms with E-state index < -0.39 is 0 Å². The molecule has 0 aliphatic rings. The van der Waals surface area contributed by atoms with Crippen LogP contribution in [0, 0.1) is 27.7 Å². The van der Waals surface area contributed by atoms with Crippen molar-refractivity contribution in [3.8, 4) is 0 Å². The number of carbonyl (C=O) groups excluding carboxylic acids is 2. The number of nitrogens with one attached hydrogen (secondary N) is 2. The Morgan fingerprint density at radius 1 is 0.840 bits per heavy atom. The Balaban J connectivity index is 1.80. The molecule has 0 heterocycles. The zero-order valence-corrected chi connectivity index (χ0v) is 15.9. The number of hydrogen-bond donors (Lipinski definition) is 2. The average molecular weight is 356 g/mol. The molecule has 5 heteroatoms. The van der Waals surface area contributed by atoms with Crippen LogP contribution in [0.25, 0.3) is 0 Å². The summed E-state index contributed by atoms with van der Waals surface area (Å²) in [7, 11) is 0. The molecule has 0 radical (unpaired) electrons. The molecule has 0 aromatic heterocycles. The predicted octanol–water partition coefficient (Wildman–Crippen LogP) is 4.23. The quantitative estimate of drug-likeness (QED) is 0.814. The summed E-state index contributed by atoms with van der Waals surface area (Å²) in [6.07, 6.45) is 0. The molecule has 0 fully saturated rings. The maximum atomic E-state index is 12.1. The van der Waals surface area contributed by atoms with Gasteiger partial charge in [-0.1, -0.05) is 29.8 Å². The van der Waals surface area contributed by atoms with Crippen LogP contribution in [0.1, 0.15) is 22.3 Å². The van der Waals surface area contributed by atoms with Crippen molar-refractivity contribution in [2.75, 3.05) is 22.1 Å². The number of amides is 2. The largest absolute Gasteiger partial charge is 0.325 e. The van der Waals surface area contributed by atoms with E-state index >= 15 is 0 Å². The maximum absolute atomic E-state index is 12.1. The Morgan fingerprint density at radius 3 is 2.04 bits per heavy atom. The van der Waals surface area contributed by atoms with Gasteiger partial charge in [0.25, 0.3) is 0 Å². The Labute approximate surface area is 153 Å². The topological polar surface area (TPSA) is 58.2 Å². The Bertz CT molecular complexity index is 764. The van der Waals surface area contributed by atoms with Crippen molar-refractivity contribution in [2.24, 2.45) is 0 Å². The van der Waals surface area contributed by atoms with Crippen LogP contribution in [0.15, 0.2) is 36.4 Å². The second-order valence-electron chi connectivity index (χ2n) is 6.23. The zero-order chi connectivity index (χ0) is 18.4. The molecule has 2 aromatic carbocycles. The molecule has 2 rings (SSSR count). The van der Waals surface area contributed by atoms with Gasteiger partial charge in [-0.25, -0.2) is 0 Å². The van der Waals surface area contributed by atoms with E-state index in [9.17, 15) is 9.59 Å². The third-order valence-corrected chi connectivity index (χ3v) is 4.64. The van der Waals surface area contributed by atoms with Crippen LogP contribution >= 0.6 is 11.8 Å². The van der Waals surface area contributed by atoms with Crippen LogP contribution in [0.3, 0.4) is 0 Å². The van der Waals surface area contributed by atoms with Crippen LogP contribution in [-0.2, 0) is 9.59 Å². The highest BCUT2D eigenvalue weighted by molar-refractivity contribution is 8.00. The molecule has 0 unspecified atom stereocenters. The minimum Gasteiger partial charge on any atom is -0.325 e. The fourth-order valence-electron chi connectivity index (χ4n) is 2.71. The van der Waals surface area contributed by atoms with E-state index in [1.807, 2.05) is 64.1 Å². The predicted molar refractivity (Wildman–Crippen MR) is 106 cm³/mol. The lowest BCUT2D eigenvalue weighted by molar-refractivity contribution is -0.114. The highest BCUT2D eigenvalue weighted by Crippen LogP contribution is 2.22. The standard InChI is InChI=1S/C20H24N2O2S/c1-13-6-5-7-17(10-13)21-18(23)11-25-12-19(24)22-20-15(3)8-14(2)9-16(20)4/h5-10H,11-12H2,1-4H3,(H,21,23)(H,22,24). The second kappa shape index (κ2) is 8.72. The number of rotatable bonds is 6. The highest BCUT2D eigenvalue weighted by Gasteiger charge is 2.10. The van der Waals surface area contributed by atoms with Gasteiger partial charge >= 0.3 is 0 Å². The van der Waals surface area contributed by atoms with Gasteiger partial charge in [-0.2, -0.15) is 0 Å². The Kier molecular flexibility index (Phi) is 6.65. The third kappa shape index (κ3) is 5.94. The lowest BCUT2D eigenvalue weighted by Crippen LogP contribution is -2.19. The van der Waals surface area contributed by atoms with Gasteiger partial charge in [0.05, 0.1) is 11.5 Å². The molecule has 0 saturated heterocycles. The fraction of sp³-hybridized carbons (Fsp3) is 0.300. The number of carbonyl (C=O) groups is 2. The van der Waals surface area contributed by atoms with Crippen molar-refractivity contribution in [1.82, 2.24) is 0 Å². The van der Waals surface area contributed by atoms with Crippen molar-refractivity contribution in [1.29, 1.82) is 0 Å². The first-order chi connectivity index (χ1) is 11.8. The Hall–Kier alpha value is -2.27. The molecule has 132 valence electrons. The van der Waals surface area contributed by atoms with Crippen LogP contribution < -0.4 is 10.6 Å². The van der Waals surface area contributed by atoms with Gasteiger partial charge < -0.3 is 10.6 Å². The molecule has 4 nitrogen and oxygen atoms in total. The number of hydrogen-bond acceptors (Lipinski definition) is 3. The van der Waals surface area contributed by atoms with Gasteiger partial charge in [-0.3, -0.25) is 9.59 Å². The first-order valence-corrected chi connectivity index (χ1v) is 9.32. The summed E-state index contributed by atoms with van der Waals surface area (Å²) in [5, 5.41) is 5.78. The molecule has 0 aliphatic carbocycles. The smallest absolute Gasteiger partial charge is 0.234 e.